The molecule has 222 valence electrons. The van der Waals surface area contributed by atoms with Gasteiger partial charge in [0.15, 0.2) is 0 Å². The molecule has 0 bridgehead atoms. The van der Waals surface area contributed by atoms with Gasteiger partial charge in [0.1, 0.15) is 40.1 Å². The maximum Gasteiger partial charge on any atom is 0.263 e. The van der Waals surface area contributed by atoms with Crippen LogP contribution in [-0.2, 0) is 20.0 Å². The highest BCUT2D eigenvalue weighted by atomic mass is 35.5. The molecule has 42 heavy (non-hydrogen) atoms. The quantitative estimate of drug-likeness (QED) is 0.298. The van der Waals surface area contributed by atoms with Gasteiger partial charge in [-0.1, -0.05) is 11.6 Å². The van der Waals surface area contributed by atoms with Crippen LogP contribution in [0.3, 0.4) is 0 Å². The zero-order valence-corrected chi connectivity index (χ0v) is 25.2. The third kappa shape index (κ3) is 6.26. The van der Waals surface area contributed by atoms with Crippen LogP contribution in [0, 0.1) is 12.7 Å². The van der Waals surface area contributed by atoms with Gasteiger partial charge in [0, 0.05) is 35.9 Å². The summed E-state index contributed by atoms with van der Waals surface area (Å²) in [6.45, 7) is 2.53. The molecular formula is C27H27ClFN5O6S2. The lowest BCUT2D eigenvalue weighted by atomic mass is 10.0. The number of methoxy groups -OCH3 is 1. The molecule has 0 saturated carbocycles. The summed E-state index contributed by atoms with van der Waals surface area (Å²) in [7, 11) is -6.17. The molecule has 4 aromatic rings. The van der Waals surface area contributed by atoms with Crippen molar-refractivity contribution in [2.75, 3.05) is 31.2 Å². The fourth-order valence-electron chi connectivity index (χ4n) is 4.72. The molecule has 2 aromatic carbocycles. The van der Waals surface area contributed by atoms with E-state index in [4.69, 9.17) is 21.1 Å². The van der Waals surface area contributed by atoms with E-state index in [1.807, 2.05) is 13.0 Å². The summed E-state index contributed by atoms with van der Waals surface area (Å²) >= 11 is 6.01. The van der Waals surface area contributed by atoms with Crippen LogP contribution in [0.15, 0.2) is 53.8 Å². The summed E-state index contributed by atoms with van der Waals surface area (Å²) in [5.74, 6) is -0.188. The van der Waals surface area contributed by atoms with Gasteiger partial charge in [-0.2, -0.15) is 0 Å². The number of halogens is 2. The van der Waals surface area contributed by atoms with Gasteiger partial charge in [-0.15, -0.1) is 0 Å². The van der Waals surface area contributed by atoms with E-state index in [0.29, 0.717) is 54.0 Å². The summed E-state index contributed by atoms with van der Waals surface area (Å²) in [4.78, 5) is 12.7. The van der Waals surface area contributed by atoms with Gasteiger partial charge in [-0.3, -0.25) is 4.72 Å². The first-order valence-corrected chi connectivity index (χ1v) is 16.5. The number of anilines is 1. The molecule has 0 atom stereocenters. The average molecular weight is 636 g/mol. The second-order valence-corrected chi connectivity index (χ2v) is 13.8. The topological polar surface area (TPSA) is 141 Å². The molecule has 1 N–H and O–H groups in total. The van der Waals surface area contributed by atoms with Crippen LogP contribution >= 0.6 is 11.6 Å². The van der Waals surface area contributed by atoms with Crippen molar-refractivity contribution in [3.05, 3.63) is 65.5 Å². The zero-order chi connectivity index (χ0) is 30.2. The molecule has 0 aliphatic carbocycles. The lowest BCUT2D eigenvalue weighted by molar-refractivity contribution is 0.137. The lowest BCUT2D eigenvalue weighted by Gasteiger charge is -2.30. The number of aryl methyl sites for hydroxylation is 1. The molecule has 11 nitrogen and oxygen atoms in total. The number of rotatable bonds is 8. The molecule has 5 rings (SSSR count). The molecule has 2 aromatic heterocycles. The second-order valence-electron chi connectivity index (χ2n) is 9.77. The first-order valence-electron chi connectivity index (χ1n) is 12.7. The van der Waals surface area contributed by atoms with E-state index >= 15 is 0 Å². The van der Waals surface area contributed by atoms with Crippen LogP contribution in [0.25, 0.3) is 22.0 Å². The Hall–Kier alpha value is -3.59. The van der Waals surface area contributed by atoms with Crippen LogP contribution in [0.5, 0.6) is 11.6 Å². The lowest BCUT2D eigenvalue weighted by Crippen LogP contribution is -2.41. The van der Waals surface area contributed by atoms with E-state index in [0.717, 1.165) is 23.6 Å². The van der Waals surface area contributed by atoms with Gasteiger partial charge < -0.3 is 9.47 Å². The number of nitrogens with one attached hydrogen (secondary N) is 1. The second kappa shape index (κ2) is 11.6. The van der Waals surface area contributed by atoms with E-state index in [2.05, 4.69) is 19.7 Å². The van der Waals surface area contributed by atoms with Crippen LogP contribution in [0.1, 0.15) is 18.5 Å². The minimum absolute atomic E-state index is 0.00923. The summed E-state index contributed by atoms with van der Waals surface area (Å²) in [6.07, 6.45) is 4.93. The van der Waals surface area contributed by atoms with Gasteiger partial charge in [-0.25, -0.2) is 40.5 Å². The molecule has 15 heteroatoms. The van der Waals surface area contributed by atoms with Gasteiger partial charge in [0.05, 0.1) is 18.4 Å². The van der Waals surface area contributed by atoms with Crippen molar-refractivity contribution < 1.29 is 30.7 Å². The molecule has 0 unspecified atom stereocenters. The van der Waals surface area contributed by atoms with Crippen molar-refractivity contribution in [3.63, 3.8) is 0 Å². The number of piperidine rings is 1. The van der Waals surface area contributed by atoms with Crippen molar-refractivity contribution >= 4 is 48.2 Å². The van der Waals surface area contributed by atoms with E-state index in [9.17, 15) is 21.2 Å². The number of hydrogen-bond donors (Lipinski definition) is 1. The van der Waals surface area contributed by atoms with Gasteiger partial charge in [-0.05, 0) is 61.7 Å². The molecule has 1 saturated heterocycles. The van der Waals surface area contributed by atoms with Gasteiger partial charge >= 0.3 is 0 Å². The molecule has 0 spiro atoms. The Morgan fingerprint density at radius 3 is 2.43 bits per heavy atom. The third-order valence-electron chi connectivity index (χ3n) is 6.87. The monoisotopic (exact) mass is 635 g/mol. The van der Waals surface area contributed by atoms with Crippen LogP contribution < -0.4 is 14.2 Å². The van der Waals surface area contributed by atoms with Crippen molar-refractivity contribution in [1.82, 2.24) is 19.3 Å². The van der Waals surface area contributed by atoms with Crippen LogP contribution in [0.2, 0.25) is 5.02 Å². The fourth-order valence-corrected chi connectivity index (χ4v) is 7.17. The Bertz CT molecular complexity index is 1880. The van der Waals surface area contributed by atoms with Crippen molar-refractivity contribution in [2.45, 2.75) is 30.8 Å². The van der Waals surface area contributed by atoms with E-state index in [-0.39, 0.29) is 27.6 Å². The van der Waals surface area contributed by atoms with Crippen LogP contribution in [0.4, 0.5) is 10.1 Å². The maximum atomic E-state index is 13.5. The fraction of sp³-hybridized carbons (Fsp3) is 0.296. The minimum atomic E-state index is -4.24. The Kier molecular flexibility index (Phi) is 8.25. The molecule has 1 aliphatic rings. The van der Waals surface area contributed by atoms with Crippen molar-refractivity contribution in [3.8, 4) is 22.8 Å². The van der Waals surface area contributed by atoms with Gasteiger partial charge in [0.2, 0.25) is 15.9 Å². The standard InChI is InChI=1S/C27H27ClFN5O6S2/c1-16-21-10-17(12-24(26(21)32-15-31-16)40-20-6-8-34(9-7-20)41(3,35)36)18-11-23(27(39-2)30-14-18)33-42(37,38)25-5-4-19(29)13-22(25)28/h4-5,10-15,20,33H,6-9H2,1-3H3. The minimum Gasteiger partial charge on any atom is -0.488 e. The first kappa shape index (κ1) is 29.9. The number of nitrogens with zero attached hydrogens (tertiary/aromatic N) is 4. The predicted octanol–water partition coefficient (Wildman–Crippen LogP) is 4.40. The number of benzene rings is 2. The number of sulfonamides is 2. The zero-order valence-electron chi connectivity index (χ0n) is 22.8. The van der Waals surface area contributed by atoms with E-state index < -0.39 is 25.9 Å². The number of fused-ring (bicyclic) bond motifs is 1. The highest BCUT2D eigenvalue weighted by Crippen LogP contribution is 2.37. The smallest absolute Gasteiger partial charge is 0.263 e. The summed E-state index contributed by atoms with van der Waals surface area (Å²) in [5.41, 5.74) is 2.49. The maximum absolute atomic E-state index is 13.5. The number of aromatic nitrogens is 3. The Labute approximate surface area is 247 Å². The van der Waals surface area contributed by atoms with Crippen LogP contribution in [-0.4, -0.2) is 68.7 Å². The highest BCUT2D eigenvalue weighted by Gasteiger charge is 2.27. The molecule has 1 aliphatic heterocycles. The van der Waals surface area contributed by atoms with Gasteiger partial charge in [0.25, 0.3) is 10.0 Å². The molecule has 1 fully saturated rings. The first-order chi connectivity index (χ1) is 19.9. The van der Waals surface area contributed by atoms with E-state index in [1.54, 1.807) is 12.1 Å². The molecular weight excluding hydrogens is 609 g/mol. The number of ether oxygens (including phenoxy) is 2. The Balaban J connectivity index is 1.52. The summed E-state index contributed by atoms with van der Waals surface area (Å²) in [6, 6.07) is 8.15. The largest absolute Gasteiger partial charge is 0.488 e. The van der Waals surface area contributed by atoms with E-state index in [1.165, 1.54) is 30.2 Å². The molecule has 0 amide bonds. The average Bonchev–Trinajstić information content (AvgIpc) is 2.93. The normalized spacial score (nSPS) is 15.1. The Morgan fingerprint density at radius 2 is 1.76 bits per heavy atom. The third-order valence-corrected chi connectivity index (χ3v) is 10.0. The Morgan fingerprint density at radius 1 is 1.02 bits per heavy atom. The highest BCUT2D eigenvalue weighted by molar-refractivity contribution is 7.92. The molecule has 3 heterocycles. The summed E-state index contributed by atoms with van der Waals surface area (Å²) < 4.78 is 79.2. The molecule has 0 radical (unpaired) electrons. The summed E-state index contributed by atoms with van der Waals surface area (Å²) in [5, 5.41) is 0.439. The van der Waals surface area contributed by atoms with Crippen molar-refractivity contribution in [1.29, 1.82) is 0 Å². The SMILES string of the molecule is COc1ncc(-c2cc(OC3CCN(S(C)(=O)=O)CC3)c3ncnc(C)c3c2)cc1NS(=O)(=O)c1ccc(F)cc1Cl. The van der Waals surface area contributed by atoms with Crippen molar-refractivity contribution in [2.24, 2.45) is 0 Å². The number of pyridine rings is 1. The predicted molar refractivity (Wildman–Crippen MR) is 156 cm³/mol. The number of hydrogen-bond acceptors (Lipinski definition) is 9.